The highest BCUT2D eigenvalue weighted by Crippen LogP contribution is 2.35. The molecule has 7 nitrogen and oxygen atoms in total. The van der Waals surface area contributed by atoms with Gasteiger partial charge < -0.3 is 19.7 Å². The summed E-state index contributed by atoms with van der Waals surface area (Å²) in [5, 5.41) is 3.51. The van der Waals surface area contributed by atoms with Crippen LogP contribution >= 0.6 is 0 Å². The highest BCUT2D eigenvalue weighted by Gasteiger charge is 2.31. The van der Waals surface area contributed by atoms with Crippen molar-refractivity contribution < 1.29 is 22.7 Å². The molecule has 3 aromatic rings. The number of aryl methyl sites for hydroxylation is 1. The van der Waals surface area contributed by atoms with Gasteiger partial charge in [-0.2, -0.15) is 0 Å². The van der Waals surface area contributed by atoms with Gasteiger partial charge in [0.25, 0.3) is 5.91 Å². The molecule has 2 atom stereocenters. The number of likely N-dealkylation sites (tertiary alicyclic amines) is 1. The molecule has 1 saturated heterocycles. The third kappa shape index (κ3) is 5.97. The molecule has 2 aliphatic rings. The number of nitrogens with zero attached hydrogens (tertiary/aromatic N) is 1. The van der Waals surface area contributed by atoms with Gasteiger partial charge in [-0.1, -0.05) is 43.7 Å². The normalized spacial score (nSPS) is 17.4. The van der Waals surface area contributed by atoms with E-state index in [-0.39, 0.29) is 22.5 Å². The van der Waals surface area contributed by atoms with Crippen molar-refractivity contribution in [2.24, 2.45) is 11.8 Å². The Kier molecular flexibility index (Phi) is 8.23. The molecule has 5 rings (SSSR count). The van der Waals surface area contributed by atoms with Crippen LogP contribution in [0, 0.1) is 18.8 Å². The van der Waals surface area contributed by atoms with E-state index >= 15 is 0 Å². The summed E-state index contributed by atoms with van der Waals surface area (Å²) in [7, 11) is -3.64. The smallest absolute Gasteiger partial charge is 0.254 e. The average molecular weight is 549 g/mol. The van der Waals surface area contributed by atoms with E-state index in [1.807, 2.05) is 48.2 Å². The highest BCUT2D eigenvalue weighted by molar-refractivity contribution is 7.91. The number of hydrogen-bond donors (Lipinski definition) is 1. The topological polar surface area (TPSA) is 84.9 Å². The molecule has 2 aliphatic heterocycles. The van der Waals surface area contributed by atoms with Crippen LogP contribution in [0.2, 0.25) is 0 Å². The van der Waals surface area contributed by atoms with E-state index in [0.717, 1.165) is 55.6 Å². The van der Waals surface area contributed by atoms with Crippen molar-refractivity contribution in [2.75, 3.05) is 26.4 Å². The molecule has 206 valence electrons. The molecular formula is C31H36N2O5S. The second-order valence-corrected chi connectivity index (χ2v) is 12.4. The molecule has 3 aromatic carbocycles. The summed E-state index contributed by atoms with van der Waals surface area (Å²) in [4.78, 5) is 15.5. The SMILES string of the molecule is CCC(CCNCc1ccc(S(=O)(=O)c2ccc3c(c2)OCO3)cc1)C1CCN(C(=O)c2ccccc2C)C1. The predicted octanol–water partition coefficient (Wildman–Crippen LogP) is 5.22. The Bertz CT molecular complexity index is 1420. The van der Waals surface area contributed by atoms with Gasteiger partial charge in [0.2, 0.25) is 16.6 Å². The zero-order valence-corrected chi connectivity index (χ0v) is 23.4. The Balaban J connectivity index is 1.10. The van der Waals surface area contributed by atoms with Gasteiger partial charge in [-0.25, -0.2) is 8.42 Å². The van der Waals surface area contributed by atoms with Gasteiger partial charge >= 0.3 is 0 Å². The number of hydrogen-bond acceptors (Lipinski definition) is 6. The van der Waals surface area contributed by atoms with Crippen molar-refractivity contribution >= 4 is 15.7 Å². The fraction of sp³-hybridized carbons (Fsp3) is 0.387. The number of rotatable bonds is 10. The van der Waals surface area contributed by atoms with Crippen molar-refractivity contribution in [3.63, 3.8) is 0 Å². The van der Waals surface area contributed by atoms with Crippen molar-refractivity contribution in [1.29, 1.82) is 0 Å². The summed E-state index contributed by atoms with van der Waals surface area (Å²) in [6, 6.07) is 19.5. The molecule has 0 aliphatic carbocycles. The van der Waals surface area contributed by atoms with E-state index in [1.165, 1.54) is 6.07 Å². The van der Waals surface area contributed by atoms with Crippen LogP contribution < -0.4 is 14.8 Å². The molecule has 0 spiro atoms. The monoisotopic (exact) mass is 548 g/mol. The van der Waals surface area contributed by atoms with Crippen molar-refractivity contribution in [2.45, 2.75) is 49.4 Å². The van der Waals surface area contributed by atoms with E-state index in [0.29, 0.717) is 29.9 Å². The third-order valence-electron chi connectivity index (χ3n) is 7.99. The summed E-state index contributed by atoms with van der Waals surface area (Å²) < 4.78 is 36.7. The fourth-order valence-electron chi connectivity index (χ4n) is 5.60. The quantitative estimate of drug-likeness (QED) is 0.350. The Morgan fingerprint density at radius 2 is 1.77 bits per heavy atom. The molecular weight excluding hydrogens is 512 g/mol. The van der Waals surface area contributed by atoms with E-state index in [4.69, 9.17) is 9.47 Å². The van der Waals surface area contributed by atoms with E-state index < -0.39 is 9.84 Å². The molecule has 0 radical (unpaired) electrons. The second-order valence-electron chi connectivity index (χ2n) is 10.4. The van der Waals surface area contributed by atoms with Crippen LogP contribution in [-0.2, 0) is 16.4 Å². The number of nitrogens with one attached hydrogen (secondary N) is 1. The maximum absolute atomic E-state index is 13.1. The minimum absolute atomic E-state index is 0.103. The van der Waals surface area contributed by atoms with E-state index in [9.17, 15) is 13.2 Å². The minimum Gasteiger partial charge on any atom is -0.454 e. The standard InChI is InChI=1S/C31H36N2O5S/c1-3-24(25-15-17-33(20-25)31(34)28-7-5-4-6-22(28)2)14-16-32-19-23-8-10-26(11-9-23)39(35,36)27-12-13-29-30(18-27)38-21-37-29/h4-13,18,24-25,32H,3,14-17,19-21H2,1-2H3. The molecule has 0 aromatic heterocycles. The third-order valence-corrected chi connectivity index (χ3v) is 9.75. The highest BCUT2D eigenvalue weighted by atomic mass is 32.2. The molecule has 2 heterocycles. The first-order valence-electron chi connectivity index (χ1n) is 13.7. The largest absolute Gasteiger partial charge is 0.454 e. The van der Waals surface area contributed by atoms with Crippen molar-refractivity contribution in [1.82, 2.24) is 10.2 Å². The number of carbonyl (C=O) groups excluding carboxylic acids is 1. The summed E-state index contributed by atoms with van der Waals surface area (Å²) in [6.07, 6.45) is 3.19. The lowest BCUT2D eigenvalue weighted by molar-refractivity contribution is 0.0781. The Morgan fingerprint density at radius 3 is 2.54 bits per heavy atom. The molecule has 2 unspecified atom stereocenters. The number of benzene rings is 3. The van der Waals surface area contributed by atoms with Gasteiger partial charge in [-0.3, -0.25) is 4.79 Å². The lowest BCUT2D eigenvalue weighted by Gasteiger charge is -2.23. The summed E-state index contributed by atoms with van der Waals surface area (Å²) in [6.45, 7) is 7.52. The molecule has 0 bridgehead atoms. The minimum atomic E-state index is -3.64. The van der Waals surface area contributed by atoms with Crippen molar-refractivity contribution in [3.8, 4) is 11.5 Å². The predicted molar refractivity (Wildman–Crippen MR) is 150 cm³/mol. The first-order chi connectivity index (χ1) is 18.9. The number of carbonyl (C=O) groups is 1. The summed E-state index contributed by atoms with van der Waals surface area (Å²) in [5.41, 5.74) is 2.87. The van der Waals surface area contributed by atoms with Gasteiger partial charge in [0.1, 0.15) is 0 Å². The molecule has 1 amide bonds. The molecule has 39 heavy (non-hydrogen) atoms. The van der Waals surface area contributed by atoms with E-state index in [1.54, 1.807) is 24.3 Å². The summed E-state index contributed by atoms with van der Waals surface area (Å²) >= 11 is 0. The van der Waals surface area contributed by atoms with Crippen LogP contribution in [0.25, 0.3) is 0 Å². The van der Waals surface area contributed by atoms with Crippen LogP contribution in [0.5, 0.6) is 11.5 Å². The van der Waals surface area contributed by atoms with Gasteiger partial charge in [0.15, 0.2) is 11.5 Å². The fourth-order valence-corrected chi connectivity index (χ4v) is 6.88. The lowest BCUT2D eigenvalue weighted by atomic mass is 9.86. The maximum atomic E-state index is 13.1. The average Bonchev–Trinajstić information content (AvgIpc) is 3.63. The van der Waals surface area contributed by atoms with Crippen LogP contribution in [0.1, 0.15) is 47.7 Å². The second kappa shape index (κ2) is 11.8. The van der Waals surface area contributed by atoms with Crippen molar-refractivity contribution in [3.05, 3.63) is 83.4 Å². The first-order valence-corrected chi connectivity index (χ1v) is 15.1. The van der Waals surface area contributed by atoms with Gasteiger partial charge in [-0.05, 0) is 79.6 Å². The molecule has 1 fully saturated rings. The van der Waals surface area contributed by atoms with Crippen LogP contribution in [0.4, 0.5) is 0 Å². The summed E-state index contributed by atoms with van der Waals surface area (Å²) in [5.74, 6) is 2.23. The Hall–Kier alpha value is -3.36. The van der Waals surface area contributed by atoms with Gasteiger partial charge in [-0.15, -0.1) is 0 Å². The number of ether oxygens (including phenoxy) is 2. The van der Waals surface area contributed by atoms with Crippen LogP contribution in [0.15, 0.2) is 76.5 Å². The van der Waals surface area contributed by atoms with Crippen LogP contribution in [-0.4, -0.2) is 45.7 Å². The lowest BCUT2D eigenvalue weighted by Crippen LogP contribution is -2.30. The van der Waals surface area contributed by atoms with Gasteiger partial charge in [0, 0.05) is 31.3 Å². The molecule has 1 N–H and O–H groups in total. The van der Waals surface area contributed by atoms with Gasteiger partial charge in [0.05, 0.1) is 9.79 Å². The maximum Gasteiger partial charge on any atom is 0.254 e. The zero-order chi connectivity index (χ0) is 27.4. The van der Waals surface area contributed by atoms with E-state index in [2.05, 4.69) is 12.2 Å². The molecule has 8 heteroatoms. The Morgan fingerprint density at radius 1 is 1.03 bits per heavy atom. The number of fused-ring (bicyclic) bond motifs is 1. The molecule has 0 saturated carbocycles. The number of sulfone groups is 1. The van der Waals surface area contributed by atoms with Crippen LogP contribution in [0.3, 0.4) is 0 Å². The zero-order valence-electron chi connectivity index (χ0n) is 22.6. The number of amides is 1. The first kappa shape index (κ1) is 27.2. The Labute approximate surface area is 231 Å².